The molecule has 1 aliphatic rings. The van der Waals surface area contributed by atoms with E-state index >= 15 is 0 Å². The van der Waals surface area contributed by atoms with Crippen LogP contribution < -0.4 is 10.2 Å². The first-order valence-electron chi connectivity index (χ1n) is 9.50. The van der Waals surface area contributed by atoms with E-state index < -0.39 is 0 Å². The molecule has 0 spiro atoms. The first-order chi connectivity index (χ1) is 13.5. The van der Waals surface area contributed by atoms with Gasteiger partial charge in [0.05, 0.1) is 16.1 Å². The summed E-state index contributed by atoms with van der Waals surface area (Å²) in [5.74, 6) is -0.408. The predicted octanol–water partition coefficient (Wildman–Crippen LogP) is 3.62. The Morgan fingerprint density at radius 3 is 2.86 bits per heavy atom. The highest BCUT2D eigenvalue weighted by Gasteiger charge is 2.36. The Morgan fingerprint density at radius 1 is 1.21 bits per heavy atom. The molecule has 1 fully saturated rings. The molecule has 2 amide bonds. The molecule has 144 valence electrons. The van der Waals surface area contributed by atoms with Crippen molar-refractivity contribution in [3.8, 4) is 0 Å². The lowest BCUT2D eigenvalue weighted by atomic mass is 10.1. The number of hydrogen-bond donors (Lipinski definition) is 1. The van der Waals surface area contributed by atoms with Crippen molar-refractivity contribution < 1.29 is 9.59 Å². The molecular weight excluding hydrogens is 370 g/mol. The van der Waals surface area contributed by atoms with E-state index in [-0.39, 0.29) is 24.2 Å². The molecule has 0 bridgehead atoms. The molecule has 0 aliphatic carbocycles. The SMILES string of the molecule is Cc1cccc(CCNC(=O)C2CC(=O)N(c3nc4ccc(C)cc4s3)C2)c1. The van der Waals surface area contributed by atoms with Gasteiger partial charge in [0, 0.05) is 19.5 Å². The van der Waals surface area contributed by atoms with Gasteiger partial charge in [0.1, 0.15) is 0 Å². The van der Waals surface area contributed by atoms with Gasteiger partial charge in [-0.25, -0.2) is 4.98 Å². The molecule has 1 aromatic heterocycles. The van der Waals surface area contributed by atoms with Gasteiger partial charge in [0.25, 0.3) is 0 Å². The maximum Gasteiger partial charge on any atom is 0.229 e. The first-order valence-corrected chi connectivity index (χ1v) is 10.3. The van der Waals surface area contributed by atoms with Crippen molar-refractivity contribution in [3.63, 3.8) is 0 Å². The number of benzene rings is 2. The van der Waals surface area contributed by atoms with Crippen LogP contribution in [0.5, 0.6) is 0 Å². The fourth-order valence-electron chi connectivity index (χ4n) is 3.55. The minimum absolute atomic E-state index is 0.0328. The number of thiazole rings is 1. The summed E-state index contributed by atoms with van der Waals surface area (Å²) < 4.78 is 1.06. The Morgan fingerprint density at radius 2 is 2.04 bits per heavy atom. The first kappa shape index (κ1) is 18.6. The van der Waals surface area contributed by atoms with Crippen LogP contribution in [0.25, 0.3) is 10.2 Å². The summed E-state index contributed by atoms with van der Waals surface area (Å²) >= 11 is 1.50. The number of hydrogen-bond acceptors (Lipinski definition) is 4. The number of aryl methyl sites for hydroxylation is 2. The van der Waals surface area contributed by atoms with Gasteiger partial charge < -0.3 is 5.32 Å². The molecule has 5 nitrogen and oxygen atoms in total. The quantitative estimate of drug-likeness (QED) is 0.720. The van der Waals surface area contributed by atoms with E-state index in [0.29, 0.717) is 18.2 Å². The summed E-state index contributed by atoms with van der Waals surface area (Å²) in [6.45, 7) is 5.07. The third-order valence-corrected chi connectivity index (χ3v) is 6.10. The molecule has 1 unspecified atom stereocenters. The van der Waals surface area contributed by atoms with Crippen molar-refractivity contribution in [1.82, 2.24) is 10.3 Å². The van der Waals surface area contributed by atoms with Gasteiger partial charge in [0.2, 0.25) is 11.8 Å². The van der Waals surface area contributed by atoms with Crippen LogP contribution in [0.1, 0.15) is 23.1 Å². The van der Waals surface area contributed by atoms with Gasteiger partial charge in [-0.15, -0.1) is 0 Å². The summed E-state index contributed by atoms with van der Waals surface area (Å²) in [4.78, 5) is 31.3. The second-order valence-electron chi connectivity index (χ2n) is 7.40. The van der Waals surface area contributed by atoms with Crippen LogP contribution in [0.15, 0.2) is 42.5 Å². The van der Waals surface area contributed by atoms with Gasteiger partial charge >= 0.3 is 0 Å². The fraction of sp³-hybridized carbons (Fsp3) is 0.318. The topological polar surface area (TPSA) is 62.3 Å². The number of nitrogens with one attached hydrogen (secondary N) is 1. The van der Waals surface area contributed by atoms with Gasteiger partial charge in [0.15, 0.2) is 5.13 Å². The number of nitrogens with zero attached hydrogens (tertiary/aromatic N) is 2. The van der Waals surface area contributed by atoms with Crippen molar-refractivity contribution in [2.24, 2.45) is 5.92 Å². The molecule has 1 N–H and O–H groups in total. The molecule has 0 saturated carbocycles. The Balaban J connectivity index is 1.37. The van der Waals surface area contributed by atoms with Crippen LogP contribution in [0, 0.1) is 19.8 Å². The average Bonchev–Trinajstić information content (AvgIpc) is 3.24. The molecule has 4 rings (SSSR count). The van der Waals surface area contributed by atoms with E-state index in [1.165, 1.54) is 28.0 Å². The van der Waals surface area contributed by atoms with Crippen molar-refractivity contribution in [2.45, 2.75) is 26.7 Å². The highest BCUT2D eigenvalue weighted by atomic mass is 32.1. The minimum Gasteiger partial charge on any atom is -0.355 e. The van der Waals surface area contributed by atoms with Crippen molar-refractivity contribution in [2.75, 3.05) is 18.0 Å². The Kier molecular flexibility index (Phi) is 5.13. The number of carbonyl (C=O) groups excluding carboxylic acids is 2. The minimum atomic E-state index is -0.321. The fourth-order valence-corrected chi connectivity index (χ4v) is 4.64. The number of aromatic nitrogens is 1. The molecule has 28 heavy (non-hydrogen) atoms. The van der Waals surface area contributed by atoms with Gasteiger partial charge in [-0.05, 0) is 43.5 Å². The van der Waals surface area contributed by atoms with Gasteiger partial charge in [-0.1, -0.05) is 47.2 Å². The zero-order valence-corrected chi connectivity index (χ0v) is 16.9. The van der Waals surface area contributed by atoms with Crippen LogP contribution in [-0.4, -0.2) is 29.9 Å². The molecule has 1 saturated heterocycles. The van der Waals surface area contributed by atoms with E-state index in [1.807, 2.05) is 25.1 Å². The highest BCUT2D eigenvalue weighted by molar-refractivity contribution is 7.22. The lowest BCUT2D eigenvalue weighted by molar-refractivity contribution is -0.126. The molecule has 2 aromatic carbocycles. The average molecular weight is 394 g/mol. The molecule has 2 heterocycles. The third-order valence-electron chi connectivity index (χ3n) is 5.05. The summed E-state index contributed by atoms with van der Waals surface area (Å²) in [7, 11) is 0. The monoisotopic (exact) mass is 393 g/mol. The number of anilines is 1. The molecular formula is C22H23N3O2S. The van der Waals surface area contributed by atoms with E-state index in [0.717, 1.165) is 16.6 Å². The van der Waals surface area contributed by atoms with E-state index in [2.05, 4.69) is 41.5 Å². The Labute approximate surface area is 168 Å². The maximum atomic E-state index is 12.5. The number of carbonyl (C=O) groups is 2. The van der Waals surface area contributed by atoms with Gasteiger partial charge in [-0.2, -0.15) is 0 Å². The highest BCUT2D eigenvalue weighted by Crippen LogP contribution is 2.33. The lowest BCUT2D eigenvalue weighted by Crippen LogP contribution is -2.34. The molecule has 1 aliphatic heterocycles. The van der Waals surface area contributed by atoms with Crippen LogP contribution >= 0.6 is 11.3 Å². The molecule has 6 heteroatoms. The predicted molar refractivity (Wildman–Crippen MR) is 113 cm³/mol. The van der Waals surface area contributed by atoms with Crippen LogP contribution in [-0.2, 0) is 16.0 Å². The zero-order chi connectivity index (χ0) is 19.7. The van der Waals surface area contributed by atoms with Crippen molar-refractivity contribution >= 4 is 38.5 Å². The largest absolute Gasteiger partial charge is 0.355 e. The normalized spacial score (nSPS) is 16.7. The summed E-state index contributed by atoms with van der Waals surface area (Å²) in [5.41, 5.74) is 4.48. The number of fused-ring (bicyclic) bond motifs is 1. The smallest absolute Gasteiger partial charge is 0.229 e. The van der Waals surface area contributed by atoms with Crippen LogP contribution in [0.4, 0.5) is 5.13 Å². The standard InChI is InChI=1S/C22H23N3O2S/c1-14-4-3-5-16(10-14)8-9-23-21(27)17-12-20(26)25(13-17)22-24-18-7-6-15(2)11-19(18)28-22/h3-7,10-11,17H,8-9,12-13H2,1-2H3,(H,23,27). The van der Waals surface area contributed by atoms with Crippen LogP contribution in [0.2, 0.25) is 0 Å². The Bertz CT molecular complexity index is 1040. The van der Waals surface area contributed by atoms with E-state index in [4.69, 9.17) is 0 Å². The summed E-state index contributed by atoms with van der Waals surface area (Å²) in [6, 6.07) is 14.3. The zero-order valence-electron chi connectivity index (χ0n) is 16.1. The second-order valence-corrected chi connectivity index (χ2v) is 8.41. The second kappa shape index (κ2) is 7.72. The van der Waals surface area contributed by atoms with E-state index in [9.17, 15) is 9.59 Å². The Hall–Kier alpha value is -2.73. The third kappa shape index (κ3) is 3.92. The van der Waals surface area contributed by atoms with Crippen molar-refractivity contribution in [1.29, 1.82) is 0 Å². The van der Waals surface area contributed by atoms with Crippen LogP contribution in [0.3, 0.4) is 0 Å². The molecule has 3 aromatic rings. The summed E-state index contributed by atoms with van der Waals surface area (Å²) in [5, 5.41) is 3.67. The van der Waals surface area contributed by atoms with E-state index in [1.54, 1.807) is 4.90 Å². The molecule has 0 radical (unpaired) electrons. The van der Waals surface area contributed by atoms with Crippen molar-refractivity contribution in [3.05, 3.63) is 59.2 Å². The number of amides is 2. The summed E-state index contributed by atoms with van der Waals surface area (Å²) in [6.07, 6.45) is 1.03. The maximum absolute atomic E-state index is 12.5. The molecule has 1 atom stereocenters. The van der Waals surface area contributed by atoms with Gasteiger partial charge in [-0.3, -0.25) is 14.5 Å². The number of rotatable bonds is 5. The lowest BCUT2D eigenvalue weighted by Gasteiger charge is -2.13.